The normalized spacial score (nSPS) is 25.7. The Hall–Kier alpha value is -0.630. The Morgan fingerprint density at radius 2 is 2.50 bits per heavy atom. The summed E-state index contributed by atoms with van der Waals surface area (Å²) < 4.78 is 0. The van der Waals surface area contributed by atoms with Gasteiger partial charge in [-0.25, -0.2) is 0 Å². The van der Waals surface area contributed by atoms with Crippen LogP contribution in [0.2, 0.25) is 0 Å². The number of hydrogen-bond donors (Lipinski definition) is 0. The smallest absolute Gasteiger partial charge is 0.0580 e. The van der Waals surface area contributed by atoms with Crippen LogP contribution in [0.3, 0.4) is 0 Å². The lowest BCUT2D eigenvalue weighted by atomic mass is 10.0. The summed E-state index contributed by atoms with van der Waals surface area (Å²) in [5.41, 5.74) is 2.83. The van der Waals surface area contributed by atoms with E-state index >= 15 is 0 Å². The molecular formula is C8H12N2. The largest absolute Gasteiger partial charge is 0.302 e. The number of likely N-dealkylation sites (tertiary alicyclic amines) is 1. The number of nitrogens with zero attached hydrogens (tertiary/aromatic N) is 2. The van der Waals surface area contributed by atoms with Crippen molar-refractivity contribution in [3.05, 3.63) is 11.6 Å². The molecule has 0 spiro atoms. The highest BCUT2D eigenvalue weighted by atomic mass is 15.1. The first-order valence-corrected chi connectivity index (χ1v) is 3.77. The highest BCUT2D eigenvalue weighted by Crippen LogP contribution is 2.15. The second kappa shape index (κ2) is 2.20. The molecule has 54 valence electrons. The van der Waals surface area contributed by atoms with E-state index < -0.39 is 0 Å². The molecule has 0 aromatic heterocycles. The summed E-state index contributed by atoms with van der Waals surface area (Å²) in [6.07, 6.45) is 3.40. The quantitative estimate of drug-likeness (QED) is 0.478. The van der Waals surface area contributed by atoms with Crippen molar-refractivity contribution in [2.75, 3.05) is 26.7 Å². The third-order valence-corrected chi connectivity index (χ3v) is 2.16. The van der Waals surface area contributed by atoms with Crippen LogP contribution in [0.5, 0.6) is 0 Å². The highest BCUT2D eigenvalue weighted by molar-refractivity contribution is 6.02. The lowest BCUT2D eigenvalue weighted by molar-refractivity contribution is 0.366. The van der Waals surface area contributed by atoms with Gasteiger partial charge in [0.05, 0.1) is 6.54 Å². The predicted molar refractivity (Wildman–Crippen MR) is 42.5 cm³/mol. The van der Waals surface area contributed by atoms with Gasteiger partial charge in [-0.05, 0) is 12.6 Å². The van der Waals surface area contributed by atoms with E-state index in [9.17, 15) is 0 Å². The summed E-state index contributed by atoms with van der Waals surface area (Å²) >= 11 is 0. The predicted octanol–water partition coefficient (Wildman–Crippen LogP) is 0.703. The first-order valence-electron chi connectivity index (χ1n) is 3.77. The van der Waals surface area contributed by atoms with Crippen LogP contribution in [0.1, 0.15) is 6.42 Å². The summed E-state index contributed by atoms with van der Waals surface area (Å²) in [5, 5.41) is 0. The fourth-order valence-corrected chi connectivity index (χ4v) is 1.55. The summed E-state index contributed by atoms with van der Waals surface area (Å²) in [6.45, 7) is 3.22. The van der Waals surface area contributed by atoms with Crippen LogP contribution in [-0.2, 0) is 0 Å². The Morgan fingerprint density at radius 1 is 1.60 bits per heavy atom. The minimum absolute atomic E-state index is 0.929. The first kappa shape index (κ1) is 6.10. The van der Waals surface area contributed by atoms with Gasteiger partial charge >= 0.3 is 0 Å². The van der Waals surface area contributed by atoms with E-state index in [-0.39, 0.29) is 0 Å². The standard InChI is InChI=1S/C8H12N2/c1-10-5-3-8-7(6-10)2-4-9-8/h2H,3-6H2,1H3. The number of aliphatic imine (C=N–C) groups is 1. The molecule has 1 saturated heterocycles. The molecule has 0 aliphatic carbocycles. The zero-order chi connectivity index (χ0) is 6.97. The van der Waals surface area contributed by atoms with Crippen LogP contribution in [-0.4, -0.2) is 37.3 Å². The van der Waals surface area contributed by atoms with Crippen molar-refractivity contribution in [3.8, 4) is 0 Å². The average molecular weight is 136 g/mol. The molecule has 2 nitrogen and oxygen atoms in total. The lowest BCUT2D eigenvalue weighted by Crippen LogP contribution is -2.31. The highest BCUT2D eigenvalue weighted by Gasteiger charge is 2.18. The Morgan fingerprint density at radius 3 is 3.40 bits per heavy atom. The van der Waals surface area contributed by atoms with Gasteiger partial charge in [-0.3, -0.25) is 4.99 Å². The molecule has 1 fully saturated rings. The van der Waals surface area contributed by atoms with Gasteiger partial charge in [0, 0.05) is 25.2 Å². The van der Waals surface area contributed by atoms with E-state index in [1.54, 1.807) is 0 Å². The molecule has 2 aliphatic rings. The average Bonchev–Trinajstić information content (AvgIpc) is 2.33. The van der Waals surface area contributed by atoms with Crippen molar-refractivity contribution in [1.29, 1.82) is 0 Å². The zero-order valence-electron chi connectivity index (χ0n) is 6.30. The van der Waals surface area contributed by atoms with Gasteiger partial charge in [-0.1, -0.05) is 6.08 Å². The van der Waals surface area contributed by atoms with Crippen molar-refractivity contribution in [3.63, 3.8) is 0 Å². The summed E-state index contributed by atoms with van der Waals surface area (Å²) in [7, 11) is 2.16. The van der Waals surface area contributed by atoms with Gasteiger partial charge in [0.25, 0.3) is 0 Å². The van der Waals surface area contributed by atoms with E-state index in [2.05, 4.69) is 23.0 Å². The Bertz CT molecular complexity index is 203. The number of rotatable bonds is 0. The molecule has 0 saturated carbocycles. The van der Waals surface area contributed by atoms with Gasteiger partial charge < -0.3 is 4.90 Å². The molecule has 2 heteroatoms. The molecule has 0 aromatic carbocycles. The molecular weight excluding hydrogens is 124 g/mol. The van der Waals surface area contributed by atoms with Crippen LogP contribution < -0.4 is 0 Å². The maximum Gasteiger partial charge on any atom is 0.0580 e. The van der Waals surface area contributed by atoms with Crippen LogP contribution in [0.4, 0.5) is 0 Å². The molecule has 2 aliphatic heterocycles. The van der Waals surface area contributed by atoms with E-state index in [1.807, 2.05) is 0 Å². The molecule has 0 bridgehead atoms. The Kier molecular flexibility index (Phi) is 1.34. The molecule has 0 N–H and O–H groups in total. The zero-order valence-corrected chi connectivity index (χ0v) is 6.30. The number of likely N-dealkylation sites (N-methyl/N-ethyl adjacent to an activating group) is 1. The maximum atomic E-state index is 4.39. The van der Waals surface area contributed by atoms with Gasteiger partial charge in [0.15, 0.2) is 0 Å². The topological polar surface area (TPSA) is 15.6 Å². The SMILES string of the molecule is CN1CCC2=NCC=C2C1. The minimum Gasteiger partial charge on any atom is -0.302 e. The first-order chi connectivity index (χ1) is 4.86. The Balaban J connectivity index is 2.17. The van der Waals surface area contributed by atoms with Gasteiger partial charge in [0.2, 0.25) is 0 Å². The summed E-state index contributed by atoms with van der Waals surface area (Å²) in [5.74, 6) is 0. The maximum absolute atomic E-state index is 4.39. The van der Waals surface area contributed by atoms with E-state index in [0.29, 0.717) is 0 Å². The molecule has 0 amide bonds. The number of piperidine rings is 1. The van der Waals surface area contributed by atoms with Crippen molar-refractivity contribution >= 4 is 5.71 Å². The molecule has 10 heavy (non-hydrogen) atoms. The van der Waals surface area contributed by atoms with E-state index in [0.717, 1.165) is 19.5 Å². The third-order valence-electron chi connectivity index (χ3n) is 2.16. The fourth-order valence-electron chi connectivity index (χ4n) is 1.55. The van der Waals surface area contributed by atoms with Crippen LogP contribution in [0.25, 0.3) is 0 Å². The van der Waals surface area contributed by atoms with Gasteiger partial charge in [-0.15, -0.1) is 0 Å². The number of hydrogen-bond acceptors (Lipinski definition) is 2. The molecule has 2 heterocycles. The number of fused-ring (bicyclic) bond motifs is 1. The van der Waals surface area contributed by atoms with E-state index in [1.165, 1.54) is 17.8 Å². The summed E-state index contributed by atoms with van der Waals surface area (Å²) in [4.78, 5) is 6.73. The monoisotopic (exact) mass is 136 g/mol. The second-order valence-electron chi connectivity index (χ2n) is 3.00. The van der Waals surface area contributed by atoms with Crippen LogP contribution in [0.15, 0.2) is 16.6 Å². The minimum atomic E-state index is 0.929. The molecule has 0 atom stereocenters. The van der Waals surface area contributed by atoms with E-state index in [4.69, 9.17) is 0 Å². The van der Waals surface area contributed by atoms with Crippen molar-refractivity contribution < 1.29 is 0 Å². The Labute approximate surface area is 61.2 Å². The van der Waals surface area contributed by atoms with Crippen molar-refractivity contribution in [2.45, 2.75) is 6.42 Å². The molecule has 0 unspecified atom stereocenters. The van der Waals surface area contributed by atoms with Gasteiger partial charge in [0.1, 0.15) is 0 Å². The van der Waals surface area contributed by atoms with Crippen LogP contribution >= 0.6 is 0 Å². The third kappa shape index (κ3) is 0.886. The lowest BCUT2D eigenvalue weighted by Gasteiger charge is -2.23. The molecule has 0 aromatic rings. The van der Waals surface area contributed by atoms with Gasteiger partial charge in [-0.2, -0.15) is 0 Å². The summed E-state index contributed by atoms with van der Waals surface area (Å²) in [6, 6.07) is 0. The molecule has 2 rings (SSSR count). The second-order valence-corrected chi connectivity index (χ2v) is 3.00. The van der Waals surface area contributed by atoms with Crippen LogP contribution in [0, 0.1) is 0 Å². The fraction of sp³-hybridized carbons (Fsp3) is 0.625. The molecule has 0 radical (unpaired) electrons. The van der Waals surface area contributed by atoms with Crippen molar-refractivity contribution in [1.82, 2.24) is 4.90 Å². The van der Waals surface area contributed by atoms with Crippen molar-refractivity contribution in [2.24, 2.45) is 4.99 Å².